The van der Waals surface area contributed by atoms with Gasteiger partial charge in [0.25, 0.3) is 5.56 Å². The van der Waals surface area contributed by atoms with Gasteiger partial charge in [0.1, 0.15) is 0 Å². The number of H-pyrrole nitrogens is 1. The number of aromatic amines is 1. The minimum Gasteiger partial charge on any atom is -0.345 e. The molecule has 0 bridgehead atoms. The first kappa shape index (κ1) is 16.7. The quantitative estimate of drug-likeness (QED) is 0.756. The number of aryl methyl sites for hydroxylation is 1. The Labute approximate surface area is 154 Å². The smallest absolute Gasteiger partial charge is 0.264 e. The third-order valence-corrected chi connectivity index (χ3v) is 5.61. The lowest BCUT2D eigenvalue weighted by Gasteiger charge is -2.34. The van der Waals surface area contributed by atoms with Gasteiger partial charge in [0.05, 0.1) is 15.9 Å². The van der Waals surface area contributed by atoms with Gasteiger partial charge in [-0.1, -0.05) is 23.5 Å². The van der Waals surface area contributed by atoms with Crippen LogP contribution in [-0.2, 0) is 11.2 Å². The highest BCUT2D eigenvalue weighted by Gasteiger charge is 2.22. The van der Waals surface area contributed by atoms with Crippen molar-refractivity contribution in [2.75, 3.05) is 31.1 Å². The number of nitrogens with one attached hydrogen (secondary N) is 1. The molecular weight excluding hydrogens is 350 g/mol. The molecule has 1 amide bonds. The summed E-state index contributed by atoms with van der Waals surface area (Å²) in [5, 5.41) is 7.36. The van der Waals surface area contributed by atoms with Crippen LogP contribution in [0.4, 0.5) is 5.13 Å². The summed E-state index contributed by atoms with van der Waals surface area (Å²) in [6.45, 7) is 2.99. The monoisotopic (exact) mass is 369 g/mol. The maximum Gasteiger partial charge on any atom is 0.264 e. The van der Waals surface area contributed by atoms with E-state index in [1.807, 2.05) is 23.1 Å². The van der Waals surface area contributed by atoms with Gasteiger partial charge in [-0.3, -0.25) is 9.59 Å². The Balaban J connectivity index is 1.31. The van der Waals surface area contributed by atoms with Crippen molar-refractivity contribution in [3.63, 3.8) is 0 Å². The summed E-state index contributed by atoms with van der Waals surface area (Å²) in [5.41, 5.74) is 1.52. The molecule has 0 aliphatic carbocycles. The molecule has 7 nitrogen and oxygen atoms in total. The molecule has 0 spiro atoms. The second-order valence-corrected chi connectivity index (χ2v) is 7.25. The highest BCUT2D eigenvalue weighted by Crippen LogP contribution is 2.29. The molecule has 1 saturated heterocycles. The Kier molecular flexibility index (Phi) is 4.66. The van der Waals surface area contributed by atoms with Crippen molar-refractivity contribution in [3.8, 4) is 0 Å². The van der Waals surface area contributed by atoms with Crippen LogP contribution in [0.1, 0.15) is 12.1 Å². The predicted molar refractivity (Wildman–Crippen MR) is 102 cm³/mol. The molecule has 134 valence electrons. The highest BCUT2D eigenvalue weighted by molar-refractivity contribution is 7.22. The van der Waals surface area contributed by atoms with Crippen LogP contribution in [-0.4, -0.2) is 52.2 Å². The van der Waals surface area contributed by atoms with Crippen molar-refractivity contribution in [1.82, 2.24) is 20.1 Å². The molecule has 2 aromatic heterocycles. The number of fused-ring (bicyclic) bond motifs is 1. The zero-order valence-corrected chi connectivity index (χ0v) is 15.0. The molecule has 0 atom stereocenters. The fourth-order valence-electron chi connectivity index (χ4n) is 3.05. The average molecular weight is 369 g/mol. The maximum atomic E-state index is 12.4. The van der Waals surface area contributed by atoms with Crippen LogP contribution in [0.15, 0.2) is 41.2 Å². The van der Waals surface area contributed by atoms with E-state index in [-0.39, 0.29) is 11.5 Å². The minimum absolute atomic E-state index is 0.127. The van der Waals surface area contributed by atoms with Crippen LogP contribution >= 0.6 is 11.3 Å². The van der Waals surface area contributed by atoms with Crippen LogP contribution in [0.25, 0.3) is 10.2 Å². The summed E-state index contributed by atoms with van der Waals surface area (Å²) in [6, 6.07) is 11.2. The Hall–Kier alpha value is -2.74. The Morgan fingerprint density at radius 3 is 2.65 bits per heavy atom. The second-order valence-electron chi connectivity index (χ2n) is 6.24. The molecule has 0 radical (unpaired) electrons. The SMILES string of the molecule is O=C(CCc1ccc(=O)[nH]n1)N1CCN(c2nc3ccccc3s2)CC1. The van der Waals surface area contributed by atoms with Gasteiger partial charge in [-0.15, -0.1) is 0 Å². The topological polar surface area (TPSA) is 82.2 Å². The number of aromatic nitrogens is 3. The standard InChI is InChI=1S/C18H19N5O2S/c24-16-7-5-13(20-21-16)6-8-17(25)22-9-11-23(12-10-22)18-19-14-3-1-2-4-15(14)26-18/h1-5,7H,6,8-12H2,(H,21,24). The molecule has 1 aliphatic rings. The maximum absolute atomic E-state index is 12.4. The fraction of sp³-hybridized carbons (Fsp3) is 0.333. The number of amides is 1. The van der Waals surface area contributed by atoms with E-state index in [1.54, 1.807) is 17.4 Å². The molecule has 3 heterocycles. The van der Waals surface area contributed by atoms with E-state index in [2.05, 4.69) is 21.2 Å². The van der Waals surface area contributed by atoms with Crippen LogP contribution in [0.5, 0.6) is 0 Å². The van der Waals surface area contributed by atoms with Gasteiger partial charge in [-0.05, 0) is 18.2 Å². The lowest BCUT2D eigenvalue weighted by Crippen LogP contribution is -2.48. The van der Waals surface area contributed by atoms with E-state index in [9.17, 15) is 9.59 Å². The first-order chi connectivity index (χ1) is 12.7. The van der Waals surface area contributed by atoms with Gasteiger partial charge in [-0.2, -0.15) is 5.10 Å². The number of hydrogen-bond donors (Lipinski definition) is 1. The third kappa shape index (κ3) is 3.60. The number of nitrogens with zero attached hydrogens (tertiary/aromatic N) is 4. The minimum atomic E-state index is -0.231. The van der Waals surface area contributed by atoms with E-state index in [1.165, 1.54) is 10.8 Å². The van der Waals surface area contributed by atoms with Crippen LogP contribution in [0.2, 0.25) is 0 Å². The summed E-state index contributed by atoms with van der Waals surface area (Å²) >= 11 is 1.70. The molecule has 0 saturated carbocycles. The number of piperazine rings is 1. The summed E-state index contributed by atoms with van der Waals surface area (Å²) in [5.74, 6) is 0.127. The van der Waals surface area contributed by atoms with E-state index in [0.717, 1.165) is 29.4 Å². The summed E-state index contributed by atoms with van der Waals surface area (Å²) < 4.78 is 1.19. The number of benzene rings is 1. The van der Waals surface area contributed by atoms with Gasteiger partial charge in [0.15, 0.2) is 5.13 Å². The molecule has 8 heteroatoms. The van der Waals surface area contributed by atoms with E-state index in [4.69, 9.17) is 4.98 Å². The molecule has 0 unspecified atom stereocenters. The number of para-hydroxylation sites is 1. The van der Waals surface area contributed by atoms with Gasteiger partial charge in [0.2, 0.25) is 5.91 Å². The van der Waals surface area contributed by atoms with Crippen molar-refractivity contribution in [1.29, 1.82) is 0 Å². The molecule has 1 aliphatic heterocycles. The third-order valence-electron chi connectivity index (χ3n) is 4.52. The van der Waals surface area contributed by atoms with Gasteiger partial charge < -0.3 is 9.80 Å². The Morgan fingerprint density at radius 2 is 1.92 bits per heavy atom. The number of carbonyl (C=O) groups is 1. The lowest BCUT2D eigenvalue weighted by atomic mass is 10.2. The first-order valence-electron chi connectivity index (χ1n) is 8.62. The Morgan fingerprint density at radius 1 is 1.12 bits per heavy atom. The van der Waals surface area contributed by atoms with Crippen LogP contribution in [0, 0.1) is 0 Å². The second kappa shape index (κ2) is 7.25. The van der Waals surface area contributed by atoms with Crippen LogP contribution < -0.4 is 10.5 Å². The van der Waals surface area contributed by atoms with Crippen molar-refractivity contribution in [2.45, 2.75) is 12.8 Å². The number of carbonyl (C=O) groups excluding carboxylic acids is 1. The van der Waals surface area contributed by atoms with Gasteiger partial charge >= 0.3 is 0 Å². The van der Waals surface area contributed by atoms with Crippen molar-refractivity contribution in [2.24, 2.45) is 0 Å². The number of rotatable bonds is 4. The first-order valence-corrected chi connectivity index (χ1v) is 9.43. The van der Waals surface area contributed by atoms with Gasteiger partial charge in [0, 0.05) is 45.1 Å². The van der Waals surface area contributed by atoms with Crippen molar-refractivity contribution in [3.05, 3.63) is 52.4 Å². The normalized spacial score (nSPS) is 14.8. The summed E-state index contributed by atoms with van der Waals surface area (Å²) in [7, 11) is 0. The molecule has 3 aromatic rings. The average Bonchev–Trinajstić information content (AvgIpc) is 3.12. The fourth-order valence-corrected chi connectivity index (χ4v) is 4.07. The number of hydrogen-bond acceptors (Lipinski definition) is 6. The van der Waals surface area contributed by atoms with Crippen molar-refractivity contribution >= 4 is 32.6 Å². The van der Waals surface area contributed by atoms with Crippen LogP contribution in [0.3, 0.4) is 0 Å². The molecule has 26 heavy (non-hydrogen) atoms. The molecule has 4 rings (SSSR count). The Bertz CT molecular complexity index is 921. The zero-order valence-electron chi connectivity index (χ0n) is 14.2. The zero-order chi connectivity index (χ0) is 17.9. The summed E-state index contributed by atoms with van der Waals surface area (Å²) in [4.78, 5) is 32.3. The largest absolute Gasteiger partial charge is 0.345 e. The molecule has 1 aromatic carbocycles. The predicted octanol–water partition coefficient (Wildman–Crippen LogP) is 1.66. The van der Waals surface area contributed by atoms with E-state index < -0.39 is 0 Å². The molecule has 1 fully saturated rings. The molecule has 1 N–H and O–H groups in total. The van der Waals surface area contributed by atoms with E-state index >= 15 is 0 Å². The summed E-state index contributed by atoms with van der Waals surface area (Å²) in [6.07, 6.45) is 0.938. The highest BCUT2D eigenvalue weighted by atomic mass is 32.1. The number of thiazole rings is 1. The van der Waals surface area contributed by atoms with E-state index in [0.29, 0.717) is 25.9 Å². The van der Waals surface area contributed by atoms with Gasteiger partial charge in [-0.25, -0.2) is 10.1 Å². The lowest BCUT2D eigenvalue weighted by molar-refractivity contribution is -0.131. The van der Waals surface area contributed by atoms with Crippen molar-refractivity contribution < 1.29 is 4.79 Å². The molecular formula is C18H19N5O2S. The number of anilines is 1.